The molecule has 0 spiro atoms. The number of ether oxygens (including phenoxy) is 1. The van der Waals surface area contributed by atoms with Gasteiger partial charge in [0.2, 0.25) is 5.91 Å². The van der Waals surface area contributed by atoms with Crippen LogP contribution >= 0.6 is 0 Å². The highest BCUT2D eigenvalue weighted by Crippen LogP contribution is 2.25. The number of benzene rings is 2. The van der Waals surface area contributed by atoms with Crippen LogP contribution in [0.5, 0.6) is 0 Å². The topological polar surface area (TPSA) is 47.4 Å². The largest absolute Gasteiger partial charge is 0.367 e. The van der Waals surface area contributed by atoms with E-state index in [2.05, 4.69) is 17.2 Å². The number of hydrogen-bond acceptors (Lipinski definition) is 3. The molecule has 2 heterocycles. The molecule has 1 fully saturated rings. The summed E-state index contributed by atoms with van der Waals surface area (Å²) in [5.74, 6) is 0.110. The maximum Gasteiger partial charge on any atom is 0.227 e. The average Bonchev–Trinajstić information content (AvgIpc) is 3.17. The first kappa shape index (κ1) is 17.5. The van der Waals surface area contributed by atoms with Crippen LogP contribution in [0.1, 0.15) is 24.2 Å². The van der Waals surface area contributed by atoms with E-state index in [1.165, 1.54) is 0 Å². The predicted octanol–water partition coefficient (Wildman–Crippen LogP) is 3.40. The first-order chi connectivity index (χ1) is 13.2. The Morgan fingerprint density at radius 3 is 2.52 bits per heavy atom. The number of para-hydroxylation sites is 1. The minimum Gasteiger partial charge on any atom is -0.367 e. The number of carbonyl (C=O) groups excluding carboxylic acids is 1. The fraction of sp³-hybridized carbons (Fsp3) is 0.273. The molecule has 1 aromatic heterocycles. The number of amides is 1. The summed E-state index contributed by atoms with van der Waals surface area (Å²) in [7, 11) is 0. The number of morpholine rings is 1. The van der Waals surface area contributed by atoms with Crippen molar-refractivity contribution in [2.75, 3.05) is 13.1 Å². The Kier molecular flexibility index (Phi) is 5.03. The summed E-state index contributed by atoms with van der Waals surface area (Å²) in [5, 5.41) is 4.38. The molecule has 0 N–H and O–H groups in total. The van der Waals surface area contributed by atoms with Crippen molar-refractivity contribution in [2.24, 2.45) is 0 Å². The molecule has 1 aliphatic heterocycles. The molecule has 0 radical (unpaired) electrons. The molecule has 0 bridgehead atoms. The normalized spacial score (nSPS) is 19.8. The quantitative estimate of drug-likeness (QED) is 0.715. The minimum absolute atomic E-state index is 0.0138. The van der Waals surface area contributed by atoms with E-state index >= 15 is 0 Å². The first-order valence-corrected chi connectivity index (χ1v) is 9.26. The van der Waals surface area contributed by atoms with Crippen molar-refractivity contribution in [1.29, 1.82) is 0 Å². The number of carbonyl (C=O) groups is 1. The van der Waals surface area contributed by atoms with E-state index in [9.17, 15) is 4.79 Å². The predicted molar refractivity (Wildman–Crippen MR) is 104 cm³/mol. The Morgan fingerprint density at radius 2 is 1.78 bits per heavy atom. The SMILES string of the molecule is CC1CN(C(=O)Cc2cnn(-c3ccccc3)c2)CC(c2ccccc2)O1. The summed E-state index contributed by atoms with van der Waals surface area (Å²) in [6.07, 6.45) is 3.97. The summed E-state index contributed by atoms with van der Waals surface area (Å²) >= 11 is 0. The number of aromatic nitrogens is 2. The Balaban J connectivity index is 1.44. The van der Waals surface area contributed by atoms with Gasteiger partial charge in [-0.25, -0.2) is 4.68 Å². The van der Waals surface area contributed by atoms with Crippen LogP contribution in [0.3, 0.4) is 0 Å². The molecule has 5 nitrogen and oxygen atoms in total. The number of hydrogen-bond donors (Lipinski definition) is 0. The third-order valence-electron chi connectivity index (χ3n) is 4.80. The van der Waals surface area contributed by atoms with Crippen LogP contribution in [0, 0.1) is 0 Å². The van der Waals surface area contributed by atoms with Crippen LogP contribution in [0.2, 0.25) is 0 Å². The van der Waals surface area contributed by atoms with Gasteiger partial charge >= 0.3 is 0 Å². The molecule has 3 aromatic rings. The van der Waals surface area contributed by atoms with Gasteiger partial charge in [-0.2, -0.15) is 5.10 Å². The molecule has 138 valence electrons. The lowest BCUT2D eigenvalue weighted by Gasteiger charge is -2.37. The fourth-order valence-electron chi connectivity index (χ4n) is 3.47. The zero-order valence-corrected chi connectivity index (χ0v) is 15.4. The van der Waals surface area contributed by atoms with Crippen molar-refractivity contribution >= 4 is 5.91 Å². The maximum atomic E-state index is 12.9. The highest BCUT2D eigenvalue weighted by molar-refractivity contribution is 5.78. The van der Waals surface area contributed by atoms with Gasteiger partial charge < -0.3 is 9.64 Å². The van der Waals surface area contributed by atoms with E-state index in [1.807, 2.05) is 66.6 Å². The Hall–Kier alpha value is -2.92. The van der Waals surface area contributed by atoms with E-state index in [4.69, 9.17) is 4.74 Å². The van der Waals surface area contributed by atoms with Gasteiger partial charge in [0.15, 0.2) is 0 Å². The second-order valence-corrected chi connectivity index (χ2v) is 6.95. The highest BCUT2D eigenvalue weighted by atomic mass is 16.5. The van der Waals surface area contributed by atoms with Crippen LogP contribution in [-0.2, 0) is 16.0 Å². The third-order valence-corrected chi connectivity index (χ3v) is 4.80. The van der Waals surface area contributed by atoms with E-state index in [1.54, 1.807) is 10.9 Å². The van der Waals surface area contributed by atoms with Crippen LogP contribution < -0.4 is 0 Å². The van der Waals surface area contributed by atoms with Crippen molar-refractivity contribution in [3.63, 3.8) is 0 Å². The summed E-state index contributed by atoms with van der Waals surface area (Å²) in [5.41, 5.74) is 3.01. The summed E-state index contributed by atoms with van der Waals surface area (Å²) < 4.78 is 7.86. The molecule has 2 aromatic carbocycles. The smallest absolute Gasteiger partial charge is 0.227 e. The van der Waals surface area contributed by atoms with Gasteiger partial charge in [0, 0.05) is 12.7 Å². The zero-order valence-electron chi connectivity index (χ0n) is 15.4. The van der Waals surface area contributed by atoms with E-state index in [0.717, 1.165) is 16.8 Å². The maximum absolute atomic E-state index is 12.9. The number of rotatable bonds is 4. The molecule has 2 unspecified atom stereocenters. The van der Waals surface area contributed by atoms with Crippen molar-refractivity contribution < 1.29 is 9.53 Å². The molecular formula is C22H23N3O2. The molecule has 2 atom stereocenters. The summed E-state index contributed by atoms with van der Waals surface area (Å²) in [6, 6.07) is 20.0. The molecule has 1 amide bonds. The van der Waals surface area contributed by atoms with Crippen LogP contribution in [0.4, 0.5) is 0 Å². The third kappa shape index (κ3) is 4.09. The molecule has 0 aliphatic carbocycles. The summed E-state index contributed by atoms with van der Waals surface area (Å²) in [4.78, 5) is 14.8. The minimum atomic E-state index is -0.0778. The van der Waals surface area contributed by atoms with Gasteiger partial charge in [-0.05, 0) is 30.2 Å². The molecular weight excluding hydrogens is 338 g/mol. The zero-order chi connectivity index (χ0) is 18.6. The van der Waals surface area contributed by atoms with Gasteiger partial charge in [0.25, 0.3) is 0 Å². The second-order valence-electron chi connectivity index (χ2n) is 6.95. The van der Waals surface area contributed by atoms with E-state index in [-0.39, 0.29) is 18.1 Å². The molecule has 4 rings (SSSR count). The molecule has 5 heteroatoms. The van der Waals surface area contributed by atoms with Gasteiger partial charge in [-0.1, -0.05) is 48.5 Å². The molecule has 1 saturated heterocycles. The standard InChI is InChI=1S/C22H23N3O2/c1-17-14-24(16-21(27-17)19-8-4-2-5-9-19)22(26)12-18-13-23-25(15-18)20-10-6-3-7-11-20/h2-11,13,15,17,21H,12,14,16H2,1H3. The molecule has 27 heavy (non-hydrogen) atoms. The summed E-state index contributed by atoms with van der Waals surface area (Å²) in [6.45, 7) is 3.22. The molecule has 0 saturated carbocycles. The van der Waals surface area contributed by atoms with Crippen LogP contribution in [0.15, 0.2) is 73.1 Å². The highest BCUT2D eigenvalue weighted by Gasteiger charge is 2.29. The van der Waals surface area contributed by atoms with Gasteiger partial charge in [0.1, 0.15) is 6.10 Å². The van der Waals surface area contributed by atoms with Gasteiger partial charge in [0.05, 0.1) is 31.0 Å². The van der Waals surface area contributed by atoms with E-state index < -0.39 is 0 Å². The van der Waals surface area contributed by atoms with Gasteiger partial charge in [-0.3, -0.25) is 4.79 Å². The number of nitrogens with zero attached hydrogens (tertiary/aromatic N) is 3. The lowest BCUT2D eigenvalue weighted by Crippen LogP contribution is -2.46. The fourth-order valence-corrected chi connectivity index (χ4v) is 3.47. The average molecular weight is 361 g/mol. The first-order valence-electron chi connectivity index (χ1n) is 9.26. The lowest BCUT2D eigenvalue weighted by molar-refractivity contribution is -0.144. The second kappa shape index (κ2) is 7.76. The van der Waals surface area contributed by atoms with Crippen LogP contribution in [0.25, 0.3) is 5.69 Å². The van der Waals surface area contributed by atoms with Crippen molar-refractivity contribution in [2.45, 2.75) is 25.6 Å². The van der Waals surface area contributed by atoms with Crippen molar-refractivity contribution in [3.8, 4) is 5.69 Å². The Labute approximate surface area is 159 Å². The van der Waals surface area contributed by atoms with Crippen LogP contribution in [-0.4, -0.2) is 39.8 Å². The van der Waals surface area contributed by atoms with E-state index in [0.29, 0.717) is 19.5 Å². The Morgan fingerprint density at radius 1 is 1.07 bits per heavy atom. The van der Waals surface area contributed by atoms with Crippen molar-refractivity contribution in [3.05, 3.63) is 84.2 Å². The van der Waals surface area contributed by atoms with Gasteiger partial charge in [-0.15, -0.1) is 0 Å². The monoisotopic (exact) mass is 361 g/mol. The van der Waals surface area contributed by atoms with Crippen molar-refractivity contribution in [1.82, 2.24) is 14.7 Å². The lowest BCUT2D eigenvalue weighted by atomic mass is 10.1. The Bertz CT molecular complexity index is 892. The molecule has 1 aliphatic rings.